The third-order valence-corrected chi connectivity index (χ3v) is 4.99. The number of amides is 3. The lowest BCUT2D eigenvalue weighted by Crippen LogP contribution is -2.30. The minimum Gasteiger partial charge on any atom is -0.508 e. The highest BCUT2D eigenvalue weighted by atomic mass is 16.3. The SMILES string of the molecule is Cc1nn(-c2ccccc2)c(C)c1CN1C(=O)NC(c2cccc(O)c2)C1=O. The van der Waals surface area contributed by atoms with E-state index < -0.39 is 12.1 Å². The normalized spacial score (nSPS) is 16.5. The van der Waals surface area contributed by atoms with E-state index in [4.69, 9.17) is 0 Å². The molecule has 0 radical (unpaired) electrons. The molecule has 28 heavy (non-hydrogen) atoms. The Morgan fingerprint density at radius 2 is 1.82 bits per heavy atom. The molecule has 2 heterocycles. The number of aromatic hydroxyl groups is 1. The molecule has 1 saturated heterocycles. The number of hydrogen-bond donors (Lipinski definition) is 2. The van der Waals surface area contributed by atoms with Gasteiger partial charge in [-0.05, 0) is 43.7 Å². The molecule has 3 amide bonds. The van der Waals surface area contributed by atoms with Gasteiger partial charge in [-0.3, -0.25) is 9.69 Å². The van der Waals surface area contributed by atoms with Crippen LogP contribution >= 0.6 is 0 Å². The van der Waals surface area contributed by atoms with E-state index in [9.17, 15) is 14.7 Å². The number of urea groups is 1. The van der Waals surface area contributed by atoms with Gasteiger partial charge >= 0.3 is 6.03 Å². The average Bonchev–Trinajstić information content (AvgIpc) is 3.13. The Morgan fingerprint density at radius 3 is 2.54 bits per heavy atom. The zero-order valence-corrected chi connectivity index (χ0v) is 15.6. The number of imide groups is 1. The molecule has 1 aliphatic rings. The van der Waals surface area contributed by atoms with Gasteiger partial charge in [-0.1, -0.05) is 30.3 Å². The zero-order valence-electron chi connectivity index (χ0n) is 15.6. The molecule has 0 aliphatic carbocycles. The largest absolute Gasteiger partial charge is 0.508 e. The van der Waals surface area contributed by atoms with Gasteiger partial charge < -0.3 is 10.4 Å². The topological polar surface area (TPSA) is 87.5 Å². The van der Waals surface area contributed by atoms with Gasteiger partial charge in [0.15, 0.2) is 0 Å². The number of nitrogens with one attached hydrogen (secondary N) is 1. The number of para-hydroxylation sites is 1. The van der Waals surface area contributed by atoms with Crippen LogP contribution in [0.25, 0.3) is 5.69 Å². The van der Waals surface area contributed by atoms with Gasteiger partial charge in [0.2, 0.25) is 0 Å². The summed E-state index contributed by atoms with van der Waals surface area (Å²) in [6, 6.07) is 14.8. The Hall–Kier alpha value is -3.61. The van der Waals surface area contributed by atoms with E-state index in [-0.39, 0.29) is 18.2 Å². The smallest absolute Gasteiger partial charge is 0.325 e. The summed E-state index contributed by atoms with van der Waals surface area (Å²) in [6.45, 7) is 3.94. The molecule has 7 nitrogen and oxygen atoms in total. The summed E-state index contributed by atoms with van der Waals surface area (Å²) in [6.07, 6.45) is 0. The van der Waals surface area contributed by atoms with Crippen molar-refractivity contribution in [3.05, 3.63) is 77.1 Å². The number of rotatable bonds is 4. The Kier molecular flexibility index (Phi) is 4.35. The van der Waals surface area contributed by atoms with E-state index in [0.29, 0.717) is 5.56 Å². The summed E-state index contributed by atoms with van der Waals surface area (Å²) in [5, 5.41) is 16.9. The van der Waals surface area contributed by atoms with Crippen LogP contribution in [-0.4, -0.2) is 31.7 Å². The lowest BCUT2D eigenvalue weighted by atomic mass is 10.1. The first-order valence-corrected chi connectivity index (χ1v) is 8.97. The number of hydrogen-bond acceptors (Lipinski definition) is 4. The van der Waals surface area contributed by atoms with Gasteiger partial charge in [-0.25, -0.2) is 9.48 Å². The lowest BCUT2D eigenvalue weighted by Gasteiger charge is -2.14. The molecule has 7 heteroatoms. The highest BCUT2D eigenvalue weighted by Crippen LogP contribution is 2.27. The van der Waals surface area contributed by atoms with Gasteiger partial charge in [0.1, 0.15) is 11.8 Å². The van der Waals surface area contributed by atoms with Gasteiger partial charge in [0.25, 0.3) is 5.91 Å². The summed E-state index contributed by atoms with van der Waals surface area (Å²) in [7, 11) is 0. The Bertz CT molecular complexity index is 1060. The van der Waals surface area contributed by atoms with Gasteiger partial charge in [0, 0.05) is 11.3 Å². The summed E-state index contributed by atoms with van der Waals surface area (Å²) >= 11 is 0. The molecular weight excluding hydrogens is 356 g/mol. The van der Waals surface area contributed by atoms with Crippen LogP contribution in [-0.2, 0) is 11.3 Å². The van der Waals surface area contributed by atoms with E-state index in [2.05, 4.69) is 10.4 Å². The maximum absolute atomic E-state index is 12.9. The molecule has 0 bridgehead atoms. The number of nitrogens with zero attached hydrogens (tertiary/aromatic N) is 3. The number of aromatic nitrogens is 2. The van der Waals surface area contributed by atoms with Crippen molar-refractivity contribution in [1.29, 1.82) is 0 Å². The number of carbonyl (C=O) groups excluding carboxylic acids is 2. The number of phenolic OH excluding ortho intramolecular Hbond substituents is 1. The minimum absolute atomic E-state index is 0.0498. The first-order valence-electron chi connectivity index (χ1n) is 8.97. The van der Waals surface area contributed by atoms with Gasteiger partial charge in [0.05, 0.1) is 17.9 Å². The molecule has 1 aliphatic heterocycles. The Morgan fingerprint density at radius 1 is 1.07 bits per heavy atom. The second kappa shape index (κ2) is 6.84. The maximum atomic E-state index is 12.9. The molecule has 0 spiro atoms. The predicted molar refractivity (Wildman–Crippen MR) is 103 cm³/mol. The van der Waals surface area contributed by atoms with Crippen molar-refractivity contribution in [2.45, 2.75) is 26.4 Å². The van der Waals surface area contributed by atoms with E-state index in [1.807, 2.05) is 48.9 Å². The molecule has 2 aromatic carbocycles. The van der Waals surface area contributed by atoms with Crippen molar-refractivity contribution in [3.8, 4) is 11.4 Å². The molecule has 142 valence electrons. The number of benzene rings is 2. The zero-order chi connectivity index (χ0) is 19.8. The van der Waals surface area contributed by atoms with Crippen LogP contribution in [0.4, 0.5) is 4.79 Å². The Labute approximate surface area is 162 Å². The molecule has 1 atom stereocenters. The fourth-order valence-electron chi connectivity index (χ4n) is 3.48. The van der Waals surface area contributed by atoms with Crippen LogP contribution in [0.1, 0.15) is 28.6 Å². The summed E-state index contributed by atoms with van der Waals surface area (Å²) in [5.74, 6) is -0.296. The standard InChI is InChI=1S/C21H20N4O3/c1-13-18(14(2)25(23-13)16-8-4-3-5-9-16)12-24-20(27)19(22-21(24)28)15-7-6-10-17(26)11-15/h3-11,19,26H,12H2,1-2H3,(H,22,28). The summed E-state index contributed by atoms with van der Waals surface area (Å²) < 4.78 is 1.82. The van der Waals surface area contributed by atoms with Crippen LogP contribution in [0.15, 0.2) is 54.6 Å². The number of phenols is 1. The third kappa shape index (κ3) is 3.00. The second-order valence-corrected chi connectivity index (χ2v) is 6.80. The van der Waals surface area contributed by atoms with Crippen LogP contribution in [0.3, 0.4) is 0 Å². The van der Waals surface area contributed by atoms with Crippen LogP contribution in [0.5, 0.6) is 5.75 Å². The molecule has 3 aromatic rings. The van der Waals surface area contributed by atoms with Crippen LogP contribution in [0.2, 0.25) is 0 Å². The van der Waals surface area contributed by atoms with Crippen LogP contribution < -0.4 is 5.32 Å². The maximum Gasteiger partial charge on any atom is 0.325 e. The van der Waals surface area contributed by atoms with E-state index in [1.165, 1.54) is 17.0 Å². The predicted octanol–water partition coefficient (Wildman–Crippen LogP) is 2.99. The van der Waals surface area contributed by atoms with E-state index in [1.54, 1.807) is 12.1 Å². The van der Waals surface area contributed by atoms with Gasteiger partial charge in [-0.2, -0.15) is 5.10 Å². The quantitative estimate of drug-likeness (QED) is 0.685. The minimum atomic E-state index is -0.801. The third-order valence-electron chi connectivity index (χ3n) is 4.99. The fourth-order valence-corrected chi connectivity index (χ4v) is 3.48. The van der Waals surface area contributed by atoms with E-state index >= 15 is 0 Å². The van der Waals surface area contributed by atoms with Gasteiger partial charge in [-0.15, -0.1) is 0 Å². The van der Waals surface area contributed by atoms with Crippen LogP contribution in [0, 0.1) is 13.8 Å². The number of aryl methyl sites for hydroxylation is 1. The fraction of sp³-hybridized carbons (Fsp3) is 0.190. The molecule has 1 aromatic heterocycles. The van der Waals surface area contributed by atoms with Crippen molar-refractivity contribution < 1.29 is 14.7 Å². The highest BCUT2D eigenvalue weighted by molar-refractivity contribution is 6.04. The molecule has 1 unspecified atom stereocenters. The Balaban J connectivity index is 1.62. The van der Waals surface area contributed by atoms with Crippen molar-refractivity contribution in [1.82, 2.24) is 20.0 Å². The highest BCUT2D eigenvalue weighted by Gasteiger charge is 2.39. The van der Waals surface area contributed by atoms with Crippen molar-refractivity contribution in [2.24, 2.45) is 0 Å². The van der Waals surface area contributed by atoms with E-state index in [0.717, 1.165) is 22.6 Å². The molecule has 2 N–H and O–H groups in total. The number of carbonyl (C=O) groups is 2. The molecular formula is C21H20N4O3. The summed E-state index contributed by atoms with van der Waals surface area (Å²) in [5.41, 5.74) is 3.95. The monoisotopic (exact) mass is 376 g/mol. The average molecular weight is 376 g/mol. The summed E-state index contributed by atoms with van der Waals surface area (Å²) in [4.78, 5) is 26.5. The van der Waals surface area contributed by atoms with Crippen molar-refractivity contribution in [3.63, 3.8) is 0 Å². The van der Waals surface area contributed by atoms with Crippen molar-refractivity contribution >= 4 is 11.9 Å². The lowest BCUT2D eigenvalue weighted by molar-refractivity contribution is -0.128. The molecule has 1 fully saturated rings. The molecule has 0 saturated carbocycles. The first-order chi connectivity index (χ1) is 13.5. The second-order valence-electron chi connectivity index (χ2n) is 6.80. The van der Waals surface area contributed by atoms with Crippen molar-refractivity contribution in [2.75, 3.05) is 0 Å². The molecule has 4 rings (SSSR count). The first kappa shape index (κ1) is 17.8.